The van der Waals surface area contributed by atoms with Crippen molar-refractivity contribution in [2.75, 3.05) is 5.32 Å². The molecule has 4 aromatic rings. The lowest BCUT2D eigenvalue weighted by Crippen LogP contribution is -2.14. The molecule has 1 amide bonds. The molecule has 0 saturated carbocycles. The maximum absolute atomic E-state index is 12.8. The number of nitrogens with zero attached hydrogens (tertiary/aromatic N) is 5. The topological polar surface area (TPSA) is 149 Å². The van der Waals surface area contributed by atoms with E-state index in [0.717, 1.165) is 0 Å². The SMILES string of the molecule is CCc1cc(=O)[nH]c(-c2cccc(NC(=O)c3nnn(-c4cccc([N+](=O)[O-])c4)c3C)c2)n1. The van der Waals surface area contributed by atoms with Crippen LogP contribution in [-0.4, -0.2) is 35.8 Å². The number of nitro groups is 1. The van der Waals surface area contributed by atoms with Crippen LogP contribution in [0.3, 0.4) is 0 Å². The standard InChI is InChI=1S/C22H19N7O4/c1-3-15-11-19(30)25-21(23-15)14-6-4-7-16(10-14)24-22(31)20-13(2)28(27-26-20)17-8-5-9-18(12-17)29(32)33/h4-12H,3H2,1-2H3,(H,24,31)(H,23,25,30). The molecule has 2 aromatic carbocycles. The molecule has 0 aliphatic rings. The number of aromatic nitrogens is 5. The Kier molecular flexibility index (Phi) is 5.77. The van der Waals surface area contributed by atoms with Crippen molar-refractivity contribution in [3.8, 4) is 17.1 Å². The number of aryl methyl sites for hydroxylation is 1. The van der Waals surface area contributed by atoms with Crippen LogP contribution in [0.2, 0.25) is 0 Å². The van der Waals surface area contributed by atoms with Crippen LogP contribution in [0, 0.1) is 17.0 Å². The van der Waals surface area contributed by atoms with Gasteiger partial charge in [-0.15, -0.1) is 5.10 Å². The molecule has 0 aliphatic heterocycles. The molecule has 33 heavy (non-hydrogen) atoms. The van der Waals surface area contributed by atoms with Gasteiger partial charge in [0.25, 0.3) is 17.2 Å². The Balaban J connectivity index is 1.59. The van der Waals surface area contributed by atoms with E-state index in [1.807, 2.05) is 6.92 Å². The van der Waals surface area contributed by atoms with Crippen molar-refractivity contribution >= 4 is 17.3 Å². The third-order valence-electron chi connectivity index (χ3n) is 4.95. The molecule has 0 saturated heterocycles. The van der Waals surface area contributed by atoms with Crippen molar-refractivity contribution in [2.45, 2.75) is 20.3 Å². The maximum Gasteiger partial charge on any atom is 0.278 e. The Labute approximate surface area is 187 Å². The number of nitrogens with one attached hydrogen (secondary N) is 2. The Morgan fingerprint density at radius 2 is 1.97 bits per heavy atom. The average Bonchev–Trinajstić information content (AvgIpc) is 3.20. The van der Waals surface area contributed by atoms with Crippen LogP contribution in [0.25, 0.3) is 17.1 Å². The van der Waals surface area contributed by atoms with E-state index >= 15 is 0 Å². The van der Waals surface area contributed by atoms with Crippen molar-refractivity contribution in [3.63, 3.8) is 0 Å². The summed E-state index contributed by atoms with van der Waals surface area (Å²) in [6.07, 6.45) is 0.618. The zero-order valence-electron chi connectivity index (χ0n) is 17.8. The first-order valence-corrected chi connectivity index (χ1v) is 10.0. The number of amides is 1. The largest absolute Gasteiger partial charge is 0.321 e. The fourth-order valence-corrected chi connectivity index (χ4v) is 3.28. The molecule has 4 rings (SSSR count). The predicted molar refractivity (Wildman–Crippen MR) is 120 cm³/mol. The van der Waals surface area contributed by atoms with Gasteiger partial charge in [-0.1, -0.05) is 30.3 Å². The highest BCUT2D eigenvalue weighted by Gasteiger charge is 2.19. The molecule has 11 heteroatoms. The normalized spacial score (nSPS) is 10.7. The second kappa shape index (κ2) is 8.83. The second-order valence-electron chi connectivity index (χ2n) is 7.19. The van der Waals surface area contributed by atoms with E-state index < -0.39 is 10.8 Å². The number of H-pyrrole nitrogens is 1. The lowest BCUT2D eigenvalue weighted by molar-refractivity contribution is -0.384. The number of hydrogen-bond donors (Lipinski definition) is 2. The van der Waals surface area contributed by atoms with Crippen molar-refractivity contribution in [3.05, 3.63) is 92.1 Å². The van der Waals surface area contributed by atoms with Crippen molar-refractivity contribution < 1.29 is 9.72 Å². The summed E-state index contributed by atoms with van der Waals surface area (Å²) in [5.41, 5.74) is 2.35. The molecule has 0 spiro atoms. The van der Waals surface area contributed by atoms with Gasteiger partial charge in [-0.3, -0.25) is 19.7 Å². The van der Waals surface area contributed by atoms with E-state index in [2.05, 4.69) is 25.6 Å². The minimum atomic E-state index is -0.505. The highest BCUT2D eigenvalue weighted by atomic mass is 16.6. The Morgan fingerprint density at radius 1 is 1.18 bits per heavy atom. The summed E-state index contributed by atoms with van der Waals surface area (Å²) in [4.78, 5) is 42.4. The zero-order valence-corrected chi connectivity index (χ0v) is 17.8. The van der Waals surface area contributed by atoms with Crippen LogP contribution in [-0.2, 0) is 6.42 Å². The van der Waals surface area contributed by atoms with Crippen molar-refractivity contribution in [2.24, 2.45) is 0 Å². The molecular weight excluding hydrogens is 426 g/mol. The van der Waals surface area contributed by atoms with Gasteiger partial charge in [0, 0.05) is 35.1 Å². The van der Waals surface area contributed by atoms with E-state index in [4.69, 9.17) is 0 Å². The van der Waals surface area contributed by atoms with Gasteiger partial charge in [-0.2, -0.15) is 0 Å². The summed E-state index contributed by atoms with van der Waals surface area (Å²) in [5, 5.41) is 21.7. The molecule has 0 aliphatic carbocycles. The fourth-order valence-electron chi connectivity index (χ4n) is 3.28. The van der Waals surface area contributed by atoms with Gasteiger partial charge >= 0.3 is 0 Å². The molecule has 0 radical (unpaired) electrons. The number of anilines is 1. The monoisotopic (exact) mass is 445 g/mol. The number of carbonyl (C=O) groups is 1. The molecule has 166 valence electrons. The lowest BCUT2D eigenvalue weighted by Gasteiger charge is -2.08. The third kappa shape index (κ3) is 4.51. The predicted octanol–water partition coefficient (Wildman–Crippen LogP) is 3.05. The molecule has 2 heterocycles. The summed E-state index contributed by atoms with van der Waals surface area (Å²) in [6.45, 7) is 3.56. The number of rotatable bonds is 6. The molecule has 11 nitrogen and oxygen atoms in total. The Hall–Kier alpha value is -4.67. The zero-order chi connectivity index (χ0) is 23.5. The number of nitro benzene ring substituents is 1. The van der Waals surface area contributed by atoms with Gasteiger partial charge in [0.2, 0.25) is 0 Å². The first-order chi connectivity index (χ1) is 15.9. The molecular formula is C22H19N7O4. The van der Waals surface area contributed by atoms with E-state index in [1.165, 1.54) is 28.9 Å². The number of aromatic amines is 1. The smallest absolute Gasteiger partial charge is 0.278 e. The van der Waals surface area contributed by atoms with Gasteiger partial charge in [-0.05, 0) is 31.5 Å². The fraction of sp³-hybridized carbons (Fsp3) is 0.136. The minimum Gasteiger partial charge on any atom is -0.321 e. The van der Waals surface area contributed by atoms with Gasteiger partial charge < -0.3 is 10.3 Å². The summed E-state index contributed by atoms with van der Waals surface area (Å²) in [5.74, 6) is -0.0895. The molecule has 0 atom stereocenters. The van der Waals surface area contributed by atoms with Crippen LogP contribution < -0.4 is 10.9 Å². The summed E-state index contributed by atoms with van der Waals surface area (Å²) < 4.78 is 1.36. The first kappa shape index (κ1) is 21.6. The van der Waals surface area contributed by atoms with Crippen LogP contribution in [0.5, 0.6) is 0 Å². The Bertz CT molecular complexity index is 1420. The van der Waals surface area contributed by atoms with Crippen LogP contribution >= 0.6 is 0 Å². The molecule has 0 unspecified atom stereocenters. The lowest BCUT2D eigenvalue weighted by atomic mass is 10.1. The first-order valence-electron chi connectivity index (χ1n) is 10.0. The molecule has 0 fully saturated rings. The summed E-state index contributed by atoms with van der Waals surface area (Å²) in [7, 11) is 0. The van der Waals surface area contributed by atoms with Gasteiger partial charge in [0.05, 0.1) is 16.3 Å². The minimum absolute atomic E-state index is 0.0754. The number of benzene rings is 2. The Morgan fingerprint density at radius 3 is 2.73 bits per heavy atom. The highest BCUT2D eigenvalue weighted by Crippen LogP contribution is 2.21. The second-order valence-corrected chi connectivity index (χ2v) is 7.19. The average molecular weight is 445 g/mol. The summed E-state index contributed by atoms with van der Waals surface area (Å²) >= 11 is 0. The molecule has 2 N–H and O–H groups in total. The molecule has 0 bridgehead atoms. The highest BCUT2D eigenvalue weighted by molar-refractivity contribution is 6.03. The van der Waals surface area contributed by atoms with Crippen LogP contribution in [0.15, 0.2) is 59.4 Å². The molecule has 2 aromatic heterocycles. The van der Waals surface area contributed by atoms with E-state index in [9.17, 15) is 19.7 Å². The third-order valence-corrected chi connectivity index (χ3v) is 4.95. The van der Waals surface area contributed by atoms with E-state index in [1.54, 1.807) is 37.3 Å². The van der Waals surface area contributed by atoms with E-state index in [0.29, 0.717) is 40.6 Å². The number of hydrogen-bond acceptors (Lipinski definition) is 7. The van der Waals surface area contributed by atoms with Gasteiger partial charge in [0.1, 0.15) is 5.82 Å². The van der Waals surface area contributed by atoms with Crippen molar-refractivity contribution in [1.29, 1.82) is 0 Å². The van der Waals surface area contributed by atoms with Gasteiger partial charge in [0.15, 0.2) is 5.69 Å². The quantitative estimate of drug-likeness (QED) is 0.342. The van der Waals surface area contributed by atoms with Crippen molar-refractivity contribution in [1.82, 2.24) is 25.0 Å². The number of carbonyl (C=O) groups excluding carboxylic acids is 1. The van der Waals surface area contributed by atoms with E-state index in [-0.39, 0.29) is 16.9 Å². The van der Waals surface area contributed by atoms with Crippen LogP contribution in [0.1, 0.15) is 28.8 Å². The van der Waals surface area contributed by atoms with Crippen LogP contribution in [0.4, 0.5) is 11.4 Å². The summed E-state index contributed by atoms with van der Waals surface area (Å²) in [6, 6.07) is 14.2. The van der Waals surface area contributed by atoms with Gasteiger partial charge in [-0.25, -0.2) is 9.67 Å². The maximum atomic E-state index is 12.8. The number of non-ortho nitro benzene ring substituents is 1.